The smallest absolute Gasteiger partial charge is 0.255 e. The molecule has 0 fully saturated rings. The molecule has 0 spiro atoms. The van der Waals surface area contributed by atoms with Gasteiger partial charge in [-0.3, -0.25) is 4.79 Å². The summed E-state index contributed by atoms with van der Waals surface area (Å²) in [5.41, 5.74) is 1.94. The van der Waals surface area contributed by atoms with E-state index in [-0.39, 0.29) is 5.91 Å². The van der Waals surface area contributed by atoms with Crippen LogP contribution in [-0.4, -0.2) is 19.1 Å². The summed E-state index contributed by atoms with van der Waals surface area (Å²) >= 11 is 11.9. The molecule has 2 aromatic carbocycles. The molecular formula is C20H23Cl2NO3. The van der Waals surface area contributed by atoms with E-state index in [1.165, 1.54) is 0 Å². The van der Waals surface area contributed by atoms with E-state index >= 15 is 0 Å². The lowest BCUT2D eigenvalue weighted by molar-refractivity contribution is 0.0948. The van der Waals surface area contributed by atoms with E-state index in [9.17, 15) is 4.79 Å². The van der Waals surface area contributed by atoms with Crippen molar-refractivity contribution in [2.24, 2.45) is 5.92 Å². The zero-order valence-corrected chi connectivity index (χ0v) is 16.7. The molecule has 0 aliphatic heterocycles. The third-order valence-electron chi connectivity index (χ3n) is 3.51. The van der Waals surface area contributed by atoms with Gasteiger partial charge in [0.15, 0.2) is 0 Å². The van der Waals surface area contributed by atoms with E-state index < -0.39 is 0 Å². The number of hydrogen-bond donors (Lipinski definition) is 1. The molecule has 0 unspecified atom stereocenters. The van der Waals surface area contributed by atoms with E-state index in [0.29, 0.717) is 47.0 Å². The SMILES string of the molecule is CCOc1ccc(C(=O)Nc2ccc(Cl)c(Cl)c2)cc1COCC(C)C. The fourth-order valence-electron chi connectivity index (χ4n) is 2.31. The molecular weight excluding hydrogens is 373 g/mol. The number of carbonyl (C=O) groups is 1. The number of nitrogens with one attached hydrogen (secondary N) is 1. The molecule has 140 valence electrons. The van der Waals surface area contributed by atoms with E-state index in [2.05, 4.69) is 19.2 Å². The van der Waals surface area contributed by atoms with Gasteiger partial charge in [0.05, 0.1) is 23.3 Å². The second-order valence-electron chi connectivity index (χ2n) is 6.25. The average Bonchev–Trinajstić information content (AvgIpc) is 2.59. The van der Waals surface area contributed by atoms with Crippen molar-refractivity contribution in [2.45, 2.75) is 27.4 Å². The first-order chi connectivity index (χ1) is 12.4. The summed E-state index contributed by atoms with van der Waals surface area (Å²) in [5, 5.41) is 3.64. The maximum absolute atomic E-state index is 12.5. The Labute approximate surface area is 164 Å². The van der Waals surface area contributed by atoms with Crippen LogP contribution in [0.4, 0.5) is 5.69 Å². The number of halogens is 2. The van der Waals surface area contributed by atoms with Crippen LogP contribution in [-0.2, 0) is 11.3 Å². The predicted octanol–water partition coefficient (Wildman–Crippen LogP) is 5.82. The normalized spacial score (nSPS) is 10.8. The van der Waals surface area contributed by atoms with Gasteiger partial charge in [-0.05, 0) is 49.2 Å². The van der Waals surface area contributed by atoms with Gasteiger partial charge in [0.25, 0.3) is 5.91 Å². The van der Waals surface area contributed by atoms with Crippen molar-refractivity contribution >= 4 is 34.8 Å². The Hall–Kier alpha value is -1.75. The van der Waals surface area contributed by atoms with E-state index in [4.69, 9.17) is 32.7 Å². The highest BCUT2D eigenvalue weighted by atomic mass is 35.5. The Morgan fingerprint density at radius 2 is 1.88 bits per heavy atom. The van der Waals surface area contributed by atoms with Crippen molar-refractivity contribution in [3.8, 4) is 5.75 Å². The molecule has 0 aliphatic carbocycles. The number of benzene rings is 2. The molecule has 0 bridgehead atoms. The van der Waals surface area contributed by atoms with Gasteiger partial charge in [0.1, 0.15) is 5.75 Å². The molecule has 0 saturated heterocycles. The maximum atomic E-state index is 12.5. The second kappa shape index (κ2) is 9.81. The standard InChI is InChI=1S/C20H23Cl2NO3/c1-4-26-19-8-5-14(9-15(19)12-25-11-13(2)3)20(24)23-16-6-7-17(21)18(22)10-16/h5-10,13H,4,11-12H2,1-3H3,(H,23,24). The van der Waals surface area contributed by atoms with Crippen molar-refractivity contribution in [2.75, 3.05) is 18.5 Å². The number of hydrogen-bond acceptors (Lipinski definition) is 3. The Kier molecular flexibility index (Phi) is 7.76. The van der Waals surface area contributed by atoms with Gasteiger partial charge in [-0.2, -0.15) is 0 Å². The zero-order chi connectivity index (χ0) is 19.1. The lowest BCUT2D eigenvalue weighted by Gasteiger charge is -2.14. The van der Waals surface area contributed by atoms with E-state index in [1.54, 1.807) is 36.4 Å². The summed E-state index contributed by atoms with van der Waals surface area (Å²) in [6, 6.07) is 10.3. The van der Waals surface area contributed by atoms with Gasteiger partial charge in [0, 0.05) is 23.4 Å². The topological polar surface area (TPSA) is 47.6 Å². The van der Waals surface area contributed by atoms with E-state index in [1.807, 2.05) is 6.92 Å². The first-order valence-corrected chi connectivity index (χ1v) is 9.26. The molecule has 4 nitrogen and oxygen atoms in total. The lowest BCUT2D eigenvalue weighted by atomic mass is 10.1. The Balaban J connectivity index is 2.16. The minimum Gasteiger partial charge on any atom is -0.494 e. The monoisotopic (exact) mass is 395 g/mol. The van der Waals surface area contributed by atoms with Crippen molar-refractivity contribution in [3.05, 3.63) is 57.6 Å². The van der Waals surface area contributed by atoms with Gasteiger partial charge < -0.3 is 14.8 Å². The van der Waals surface area contributed by atoms with Crippen LogP contribution in [0.5, 0.6) is 5.75 Å². The quantitative estimate of drug-likeness (QED) is 0.612. The summed E-state index contributed by atoms with van der Waals surface area (Å²) in [6.45, 7) is 7.68. The predicted molar refractivity (Wildman–Crippen MR) is 107 cm³/mol. The van der Waals surface area contributed by atoms with Crippen LogP contribution in [0.25, 0.3) is 0 Å². The lowest BCUT2D eigenvalue weighted by Crippen LogP contribution is -2.13. The summed E-state index contributed by atoms with van der Waals surface area (Å²) in [7, 11) is 0. The summed E-state index contributed by atoms with van der Waals surface area (Å²) in [5.74, 6) is 0.922. The summed E-state index contributed by atoms with van der Waals surface area (Å²) < 4.78 is 11.3. The fourth-order valence-corrected chi connectivity index (χ4v) is 2.61. The van der Waals surface area contributed by atoms with Gasteiger partial charge in [-0.25, -0.2) is 0 Å². The average molecular weight is 396 g/mol. The molecule has 2 rings (SSSR count). The molecule has 0 atom stereocenters. The van der Waals surface area contributed by atoms with Gasteiger partial charge in [0.2, 0.25) is 0 Å². The molecule has 0 radical (unpaired) electrons. The van der Waals surface area contributed by atoms with Crippen molar-refractivity contribution in [1.29, 1.82) is 0 Å². The summed E-state index contributed by atoms with van der Waals surface area (Å²) in [4.78, 5) is 12.5. The van der Waals surface area contributed by atoms with Gasteiger partial charge in [-0.15, -0.1) is 0 Å². The van der Waals surface area contributed by atoms with Gasteiger partial charge >= 0.3 is 0 Å². The zero-order valence-electron chi connectivity index (χ0n) is 15.1. The fraction of sp³-hybridized carbons (Fsp3) is 0.350. The van der Waals surface area contributed by atoms with Crippen LogP contribution >= 0.6 is 23.2 Å². The van der Waals surface area contributed by atoms with Crippen LogP contribution in [0.1, 0.15) is 36.7 Å². The third-order valence-corrected chi connectivity index (χ3v) is 4.25. The van der Waals surface area contributed by atoms with Crippen molar-refractivity contribution in [3.63, 3.8) is 0 Å². The van der Waals surface area contributed by atoms with Crippen molar-refractivity contribution < 1.29 is 14.3 Å². The summed E-state index contributed by atoms with van der Waals surface area (Å²) in [6.07, 6.45) is 0. The first-order valence-electron chi connectivity index (χ1n) is 8.50. The van der Waals surface area contributed by atoms with Crippen molar-refractivity contribution in [1.82, 2.24) is 0 Å². The highest BCUT2D eigenvalue weighted by Gasteiger charge is 2.12. The molecule has 0 heterocycles. The molecule has 0 aliphatic rings. The van der Waals surface area contributed by atoms with Crippen LogP contribution < -0.4 is 10.1 Å². The second-order valence-corrected chi connectivity index (χ2v) is 7.06. The molecule has 1 N–H and O–H groups in total. The minimum atomic E-state index is -0.239. The van der Waals surface area contributed by atoms with Crippen LogP contribution in [0.3, 0.4) is 0 Å². The Morgan fingerprint density at radius 1 is 1.12 bits per heavy atom. The minimum absolute atomic E-state index is 0.239. The number of anilines is 1. The Morgan fingerprint density at radius 3 is 2.54 bits per heavy atom. The number of ether oxygens (including phenoxy) is 2. The molecule has 0 saturated carbocycles. The number of carbonyl (C=O) groups excluding carboxylic acids is 1. The highest BCUT2D eigenvalue weighted by molar-refractivity contribution is 6.42. The Bertz CT molecular complexity index is 763. The van der Waals surface area contributed by atoms with Crippen LogP contribution in [0.15, 0.2) is 36.4 Å². The number of rotatable bonds is 8. The highest BCUT2D eigenvalue weighted by Crippen LogP contribution is 2.26. The molecule has 0 aromatic heterocycles. The molecule has 1 amide bonds. The van der Waals surface area contributed by atoms with Crippen LogP contribution in [0.2, 0.25) is 10.0 Å². The molecule has 26 heavy (non-hydrogen) atoms. The molecule has 2 aromatic rings. The first kappa shape index (κ1) is 20.6. The van der Waals surface area contributed by atoms with E-state index in [0.717, 1.165) is 11.3 Å². The van der Waals surface area contributed by atoms with Crippen LogP contribution in [0, 0.1) is 5.92 Å². The number of amides is 1. The molecule has 6 heteroatoms. The van der Waals surface area contributed by atoms with Gasteiger partial charge in [-0.1, -0.05) is 37.0 Å². The largest absolute Gasteiger partial charge is 0.494 e. The third kappa shape index (κ3) is 5.90. The maximum Gasteiger partial charge on any atom is 0.255 e.